The zero-order valence-corrected chi connectivity index (χ0v) is 9.85. The van der Waals surface area contributed by atoms with Crippen molar-refractivity contribution in [2.24, 2.45) is 0 Å². The summed E-state index contributed by atoms with van der Waals surface area (Å²) >= 11 is 11.5. The second-order valence-corrected chi connectivity index (χ2v) is 3.70. The van der Waals surface area contributed by atoms with Crippen molar-refractivity contribution in [3.05, 3.63) is 29.0 Å². The van der Waals surface area contributed by atoms with E-state index in [9.17, 15) is 4.79 Å². The van der Waals surface area contributed by atoms with Crippen LogP contribution in [-0.2, 0) is 11.3 Å². The van der Waals surface area contributed by atoms with Crippen molar-refractivity contribution >= 4 is 34.8 Å². The summed E-state index contributed by atoms with van der Waals surface area (Å²) in [5.41, 5.74) is 0.181. The second-order valence-electron chi connectivity index (χ2n) is 2.98. The molecule has 7 nitrogen and oxygen atoms in total. The van der Waals surface area contributed by atoms with E-state index in [-0.39, 0.29) is 28.4 Å². The quantitative estimate of drug-likeness (QED) is 0.843. The van der Waals surface area contributed by atoms with Crippen LogP contribution in [0.15, 0.2) is 18.7 Å². The van der Waals surface area contributed by atoms with E-state index in [0.29, 0.717) is 0 Å². The third-order valence-electron chi connectivity index (χ3n) is 1.80. The first-order valence-corrected chi connectivity index (χ1v) is 5.22. The standard InChI is InChI=1S/C8H6Cl2N6O/c9-7-6(8(10)12-4-11-7)14-5(17)3-16-2-1-13-15-16/h1-2,4H,3H2,(H,14,17). The van der Waals surface area contributed by atoms with Gasteiger partial charge in [-0.2, -0.15) is 0 Å². The number of hydrogen-bond donors (Lipinski definition) is 1. The van der Waals surface area contributed by atoms with Gasteiger partial charge in [-0.1, -0.05) is 28.4 Å². The van der Waals surface area contributed by atoms with Gasteiger partial charge < -0.3 is 5.32 Å². The molecule has 0 atom stereocenters. The van der Waals surface area contributed by atoms with Crippen LogP contribution < -0.4 is 5.32 Å². The lowest BCUT2D eigenvalue weighted by molar-refractivity contribution is -0.116. The van der Waals surface area contributed by atoms with Crippen molar-refractivity contribution in [2.75, 3.05) is 5.32 Å². The molecule has 0 bridgehead atoms. The Bertz CT molecular complexity index is 509. The molecule has 1 amide bonds. The molecule has 2 heterocycles. The smallest absolute Gasteiger partial charge is 0.246 e. The molecule has 0 radical (unpaired) electrons. The van der Waals surface area contributed by atoms with Crippen LogP contribution in [0.25, 0.3) is 0 Å². The third kappa shape index (κ3) is 2.89. The molecule has 0 saturated carbocycles. The van der Waals surface area contributed by atoms with Crippen LogP contribution in [-0.4, -0.2) is 30.9 Å². The van der Waals surface area contributed by atoms with Gasteiger partial charge in [0.15, 0.2) is 10.3 Å². The van der Waals surface area contributed by atoms with Crippen molar-refractivity contribution in [1.29, 1.82) is 0 Å². The Morgan fingerprint density at radius 2 is 2.06 bits per heavy atom. The lowest BCUT2D eigenvalue weighted by Gasteiger charge is -2.07. The first-order valence-electron chi connectivity index (χ1n) is 4.47. The van der Waals surface area contributed by atoms with Gasteiger partial charge in [-0.05, 0) is 0 Å². The number of rotatable bonds is 3. The molecular weight excluding hydrogens is 267 g/mol. The SMILES string of the molecule is O=C(Cn1ccnn1)Nc1c(Cl)ncnc1Cl. The summed E-state index contributed by atoms with van der Waals surface area (Å²) in [7, 11) is 0. The molecule has 0 spiro atoms. The van der Waals surface area contributed by atoms with Crippen molar-refractivity contribution in [3.8, 4) is 0 Å². The average Bonchev–Trinajstić information content (AvgIpc) is 2.76. The van der Waals surface area contributed by atoms with Crippen LogP contribution in [0.4, 0.5) is 5.69 Å². The van der Waals surface area contributed by atoms with E-state index in [1.165, 1.54) is 17.2 Å². The van der Waals surface area contributed by atoms with E-state index in [1.807, 2.05) is 0 Å². The summed E-state index contributed by atoms with van der Waals surface area (Å²) in [6.45, 7) is 0.00154. The number of carbonyl (C=O) groups excluding carboxylic acids is 1. The normalized spacial score (nSPS) is 10.2. The van der Waals surface area contributed by atoms with Crippen LogP contribution in [0.2, 0.25) is 10.3 Å². The van der Waals surface area contributed by atoms with E-state index in [2.05, 4.69) is 25.6 Å². The summed E-state index contributed by atoms with van der Waals surface area (Å²) in [5.74, 6) is -0.353. The summed E-state index contributed by atoms with van der Waals surface area (Å²) in [5, 5.41) is 9.89. The Morgan fingerprint density at radius 1 is 1.35 bits per heavy atom. The van der Waals surface area contributed by atoms with Gasteiger partial charge in [-0.15, -0.1) is 5.10 Å². The predicted octanol–water partition coefficient (Wildman–Crippen LogP) is 1.01. The van der Waals surface area contributed by atoms with Crippen LogP contribution in [0, 0.1) is 0 Å². The lowest BCUT2D eigenvalue weighted by Crippen LogP contribution is -2.20. The van der Waals surface area contributed by atoms with Gasteiger partial charge in [-0.3, -0.25) is 4.79 Å². The number of carbonyl (C=O) groups is 1. The Kier molecular flexibility index (Phi) is 3.50. The van der Waals surface area contributed by atoms with Crippen molar-refractivity contribution in [1.82, 2.24) is 25.0 Å². The molecule has 2 aromatic heterocycles. The molecule has 0 aliphatic rings. The first kappa shape index (κ1) is 11.7. The summed E-state index contributed by atoms with van der Waals surface area (Å²) < 4.78 is 1.36. The number of halogens is 2. The van der Waals surface area contributed by atoms with Crippen LogP contribution in [0.1, 0.15) is 0 Å². The van der Waals surface area contributed by atoms with Gasteiger partial charge >= 0.3 is 0 Å². The molecule has 0 unspecified atom stereocenters. The fraction of sp³-hybridized carbons (Fsp3) is 0.125. The molecule has 9 heteroatoms. The Labute approximate surface area is 106 Å². The van der Waals surface area contributed by atoms with Crippen LogP contribution >= 0.6 is 23.2 Å². The van der Waals surface area contributed by atoms with Crippen molar-refractivity contribution < 1.29 is 4.79 Å². The van der Waals surface area contributed by atoms with Gasteiger partial charge in [0, 0.05) is 6.20 Å². The number of hydrogen-bond acceptors (Lipinski definition) is 5. The number of nitrogens with one attached hydrogen (secondary N) is 1. The molecule has 2 rings (SSSR count). The van der Waals surface area contributed by atoms with Gasteiger partial charge in [0.2, 0.25) is 5.91 Å². The predicted molar refractivity (Wildman–Crippen MR) is 60.7 cm³/mol. The zero-order valence-electron chi connectivity index (χ0n) is 8.34. The lowest BCUT2D eigenvalue weighted by atomic mass is 10.5. The molecule has 1 N–H and O–H groups in total. The van der Waals surface area contributed by atoms with E-state index in [0.717, 1.165) is 0 Å². The fourth-order valence-electron chi connectivity index (χ4n) is 1.09. The Balaban J connectivity index is 2.08. The largest absolute Gasteiger partial charge is 0.319 e. The number of amides is 1. The Morgan fingerprint density at radius 3 is 2.65 bits per heavy atom. The number of aromatic nitrogens is 5. The Hall–Kier alpha value is -1.73. The zero-order chi connectivity index (χ0) is 12.3. The van der Waals surface area contributed by atoms with E-state index in [4.69, 9.17) is 23.2 Å². The van der Waals surface area contributed by atoms with E-state index >= 15 is 0 Å². The monoisotopic (exact) mass is 272 g/mol. The molecule has 0 aliphatic heterocycles. The highest BCUT2D eigenvalue weighted by Gasteiger charge is 2.12. The molecular formula is C8H6Cl2N6O. The molecule has 0 saturated heterocycles. The van der Waals surface area contributed by atoms with Crippen LogP contribution in [0.3, 0.4) is 0 Å². The minimum atomic E-state index is -0.353. The van der Waals surface area contributed by atoms with Gasteiger partial charge in [-0.25, -0.2) is 14.6 Å². The second kappa shape index (κ2) is 5.07. The first-order chi connectivity index (χ1) is 8.16. The number of nitrogens with zero attached hydrogens (tertiary/aromatic N) is 5. The highest BCUT2D eigenvalue weighted by atomic mass is 35.5. The van der Waals surface area contributed by atoms with Gasteiger partial charge in [0.25, 0.3) is 0 Å². The highest BCUT2D eigenvalue weighted by Crippen LogP contribution is 2.25. The molecule has 0 fully saturated rings. The minimum Gasteiger partial charge on any atom is -0.319 e. The molecule has 2 aromatic rings. The third-order valence-corrected chi connectivity index (χ3v) is 2.37. The summed E-state index contributed by atoms with van der Waals surface area (Å²) in [6.07, 6.45) is 4.24. The average molecular weight is 273 g/mol. The molecule has 0 aromatic carbocycles. The molecule has 17 heavy (non-hydrogen) atoms. The molecule has 88 valence electrons. The van der Waals surface area contributed by atoms with Crippen molar-refractivity contribution in [3.63, 3.8) is 0 Å². The summed E-state index contributed by atoms with van der Waals surface area (Å²) in [4.78, 5) is 19.0. The summed E-state index contributed by atoms with van der Waals surface area (Å²) in [6, 6.07) is 0. The topological polar surface area (TPSA) is 85.6 Å². The van der Waals surface area contributed by atoms with Gasteiger partial charge in [0.1, 0.15) is 18.6 Å². The van der Waals surface area contributed by atoms with Gasteiger partial charge in [0.05, 0.1) is 6.20 Å². The van der Waals surface area contributed by atoms with Crippen molar-refractivity contribution in [2.45, 2.75) is 6.54 Å². The minimum absolute atomic E-state index is 0.00154. The van der Waals surface area contributed by atoms with Crippen LogP contribution in [0.5, 0.6) is 0 Å². The fourth-order valence-corrected chi connectivity index (χ4v) is 1.50. The highest BCUT2D eigenvalue weighted by molar-refractivity contribution is 6.38. The molecule has 0 aliphatic carbocycles. The maximum atomic E-state index is 11.6. The van der Waals surface area contributed by atoms with E-state index < -0.39 is 0 Å². The number of anilines is 1. The van der Waals surface area contributed by atoms with E-state index in [1.54, 1.807) is 6.20 Å². The maximum Gasteiger partial charge on any atom is 0.246 e. The maximum absolute atomic E-state index is 11.6.